The molecule has 0 amide bonds. The van der Waals surface area contributed by atoms with E-state index < -0.39 is 10.1 Å². The van der Waals surface area contributed by atoms with Gasteiger partial charge >= 0.3 is 0 Å². The van der Waals surface area contributed by atoms with Crippen LogP contribution in [0, 0.1) is 12.8 Å². The second kappa shape index (κ2) is 8.50. The summed E-state index contributed by atoms with van der Waals surface area (Å²) < 4.78 is 35.3. The van der Waals surface area contributed by atoms with E-state index in [4.69, 9.17) is 8.92 Å². The highest BCUT2D eigenvalue weighted by Gasteiger charge is 2.22. The molecule has 0 saturated heterocycles. The molecule has 0 N–H and O–H groups in total. The van der Waals surface area contributed by atoms with E-state index in [1.54, 1.807) is 31.4 Å². The Bertz CT molecular complexity index is 782. The number of methoxy groups -OCH3 is 1. The molecule has 0 heterocycles. The summed E-state index contributed by atoms with van der Waals surface area (Å²) in [5.74, 6) is 1.05. The van der Waals surface area contributed by atoms with Crippen LogP contribution in [0.1, 0.15) is 37.3 Å². The molecule has 136 valence electrons. The molecule has 2 aromatic carbocycles. The average Bonchev–Trinajstić information content (AvgIpc) is 2.61. The normalized spacial score (nSPS) is 14.1. The van der Waals surface area contributed by atoms with Crippen molar-refractivity contribution in [1.29, 1.82) is 0 Å². The van der Waals surface area contributed by atoms with Gasteiger partial charge in [0.1, 0.15) is 5.75 Å². The van der Waals surface area contributed by atoms with Crippen LogP contribution in [0.4, 0.5) is 0 Å². The highest BCUT2D eigenvalue weighted by Crippen LogP contribution is 2.31. The molecule has 0 bridgehead atoms. The first-order chi connectivity index (χ1) is 11.9. The molecular formula is C20H26O4S. The molecule has 0 saturated carbocycles. The van der Waals surface area contributed by atoms with Gasteiger partial charge in [0.25, 0.3) is 10.1 Å². The van der Waals surface area contributed by atoms with Crippen molar-refractivity contribution in [2.75, 3.05) is 13.7 Å². The molecule has 0 spiro atoms. The Morgan fingerprint density at radius 2 is 1.76 bits per heavy atom. The zero-order chi connectivity index (χ0) is 18.4. The van der Waals surface area contributed by atoms with E-state index in [1.165, 1.54) is 0 Å². The van der Waals surface area contributed by atoms with Gasteiger partial charge in [-0.3, -0.25) is 4.18 Å². The van der Waals surface area contributed by atoms with Gasteiger partial charge < -0.3 is 4.74 Å². The van der Waals surface area contributed by atoms with Crippen LogP contribution in [0.2, 0.25) is 0 Å². The maximum atomic E-state index is 12.4. The van der Waals surface area contributed by atoms with Crippen molar-refractivity contribution in [2.24, 2.45) is 5.92 Å². The standard InChI is InChI=1S/C20H26O4S/c1-5-20(17-7-6-8-18(13-17)23-4)16(3)14-24-25(21,22)19-11-9-15(2)10-12-19/h6-13,16,20H,5,14H2,1-4H3/t16-,20?/m0/s1. The summed E-state index contributed by atoms with van der Waals surface area (Å²) in [6.45, 7) is 6.17. The van der Waals surface area contributed by atoms with Crippen molar-refractivity contribution >= 4 is 10.1 Å². The highest BCUT2D eigenvalue weighted by atomic mass is 32.2. The minimum Gasteiger partial charge on any atom is -0.497 e. The SMILES string of the molecule is CCC(c1cccc(OC)c1)[C@@H](C)COS(=O)(=O)c1ccc(C)cc1. The predicted octanol–water partition coefficient (Wildman–Crippen LogP) is 4.54. The van der Waals surface area contributed by atoms with Gasteiger partial charge in [-0.1, -0.05) is 43.7 Å². The van der Waals surface area contributed by atoms with Gasteiger partial charge in [-0.25, -0.2) is 0 Å². The third kappa shape index (κ3) is 5.06. The van der Waals surface area contributed by atoms with Gasteiger partial charge in [-0.15, -0.1) is 0 Å². The molecule has 25 heavy (non-hydrogen) atoms. The van der Waals surface area contributed by atoms with Gasteiger partial charge in [-0.2, -0.15) is 8.42 Å². The Balaban J connectivity index is 2.08. The lowest BCUT2D eigenvalue weighted by atomic mass is 9.85. The summed E-state index contributed by atoms with van der Waals surface area (Å²) in [6.07, 6.45) is 0.891. The Hall–Kier alpha value is -1.85. The summed E-state index contributed by atoms with van der Waals surface area (Å²) >= 11 is 0. The van der Waals surface area contributed by atoms with Crippen molar-refractivity contribution in [3.63, 3.8) is 0 Å². The molecule has 0 aliphatic heterocycles. The third-order valence-corrected chi connectivity index (χ3v) is 5.74. The molecule has 0 aliphatic carbocycles. The molecule has 1 unspecified atom stereocenters. The largest absolute Gasteiger partial charge is 0.497 e. The molecule has 2 rings (SSSR count). The number of hydrogen-bond donors (Lipinski definition) is 0. The summed E-state index contributed by atoms with van der Waals surface area (Å²) in [5, 5.41) is 0. The highest BCUT2D eigenvalue weighted by molar-refractivity contribution is 7.86. The van der Waals surface area contributed by atoms with E-state index in [1.807, 2.05) is 38.1 Å². The second-order valence-corrected chi connectivity index (χ2v) is 7.94. The lowest BCUT2D eigenvalue weighted by Gasteiger charge is -2.23. The van der Waals surface area contributed by atoms with Gasteiger partial charge in [0.05, 0.1) is 18.6 Å². The van der Waals surface area contributed by atoms with Crippen molar-refractivity contribution in [1.82, 2.24) is 0 Å². The fourth-order valence-electron chi connectivity index (χ4n) is 2.92. The van der Waals surface area contributed by atoms with Gasteiger partial charge in [-0.05, 0) is 55.0 Å². The number of hydrogen-bond acceptors (Lipinski definition) is 4. The molecular weight excluding hydrogens is 336 g/mol. The van der Waals surface area contributed by atoms with Crippen LogP contribution in [-0.4, -0.2) is 22.1 Å². The smallest absolute Gasteiger partial charge is 0.296 e. The monoisotopic (exact) mass is 362 g/mol. The Morgan fingerprint density at radius 3 is 2.36 bits per heavy atom. The number of rotatable bonds is 8. The molecule has 2 aromatic rings. The van der Waals surface area contributed by atoms with Gasteiger partial charge in [0.15, 0.2) is 0 Å². The van der Waals surface area contributed by atoms with E-state index in [9.17, 15) is 8.42 Å². The first kappa shape index (κ1) is 19.5. The first-order valence-corrected chi connectivity index (χ1v) is 9.88. The van der Waals surface area contributed by atoms with Crippen LogP contribution >= 0.6 is 0 Å². The van der Waals surface area contributed by atoms with Crippen LogP contribution in [0.25, 0.3) is 0 Å². The minimum absolute atomic E-state index is 0.0531. The topological polar surface area (TPSA) is 52.6 Å². The van der Waals surface area contributed by atoms with E-state index in [0.29, 0.717) is 0 Å². The Morgan fingerprint density at radius 1 is 1.08 bits per heavy atom. The lowest BCUT2D eigenvalue weighted by Crippen LogP contribution is -2.18. The maximum Gasteiger partial charge on any atom is 0.296 e. The van der Waals surface area contributed by atoms with E-state index in [0.717, 1.165) is 23.3 Å². The minimum atomic E-state index is -3.73. The van der Waals surface area contributed by atoms with Crippen molar-refractivity contribution in [2.45, 2.75) is 38.0 Å². The fraction of sp³-hybridized carbons (Fsp3) is 0.400. The molecule has 5 heteroatoms. The van der Waals surface area contributed by atoms with E-state index in [-0.39, 0.29) is 23.3 Å². The third-order valence-electron chi connectivity index (χ3n) is 4.44. The Kier molecular flexibility index (Phi) is 6.62. The van der Waals surface area contributed by atoms with Crippen LogP contribution in [0.15, 0.2) is 53.4 Å². The molecule has 0 radical (unpaired) electrons. The molecule has 4 nitrogen and oxygen atoms in total. The summed E-state index contributed by atoms with van der Waals surface area (Å²) in [5.41, 5.74) is 2.14. The number of aryl methyl sites for hydroxylation is 1. The van der Waals surface area contributed by atoms with Crippen molar-refractivity contribution in [3.05, 3.63) is 59.7 Å². The summed E-state index contributed by atoms with van der Waals surface area (Å²) in [4.78, 5) is 0.194. The molecule has 2 atom stereocenters. The second-order valence-electron chi connectivity index (χ2n) is 6.32. The van der Waals surface area contributed by atoms with Gasteiger partial charge in [0.2, 0.25) is 0 Å². The first-order valence-electron chi connectivity index (χ1n) is 8.47. The zero-order valence-electron chi connectivity index (χ0n) is 15.2. The molecule has 0 fully saturated rings. The number of ether oxygens (including phenoxy) is 1. The van der Waals surface area contributed by atoms with E-state index in [2.05, 4.69) is 6.92 Å². The fourth-order valence-corrected chi connectivity index (χ4v) is 3.92. The van der Waals surface area contributed by atoms with Crippen LogP contribution in [0.3, 0.4) is 0 Å². The zero-order valence-corrected chi connectivity index (χ0v) is 16.0. The molecule has 0 aromatic heterocycles. The average molecular weight is 362 g/mol. The number of benzene rings is 2. The van der Waals surface area contributed by atoms with Crippen LogP contribution < -0.4 is 4.74 Å². The quantitative estimate of drug-likeness (QED) is 0.647. The lowest BCUT2D eigenvalue weighted by molar-refractivity contribution is 0.239. The van der Waals surface area contributed by atoms with Gasteiger partial charge in [0, 0.05) is 0 Å². The Labute approximate surface area is 150 Å². The summed E-state index contributed by atoms with van der Waals surface area (Å²) in [6, 6.07) is 14.6. The summed E-state index contributed by atoms with van der Waals surface area (Å²) in [7, 11) is -2.09. The van der Waals surface area contributed by atoms with Crippen LogP contribution in [-0.2, 0) is 14.3 Å². The van der Waals surface area contributed by atoms with Crippen molar-refractivity contribution < 1.29 is 17.3 Å². The molecule has 0 aliphatic rings. The van der Waals surface area contributed by atoms with E-state index >= 15 is 0 Å². The van der Waals surface area contributed by atoms with Crippen molar-refractivity contribution in [3.8, 4) is 5.75 Å². The van der Waals surface area contributed by atoms with Crippen LogP contribution in [0.5, 0.6) is 5.75 Å². The predicted molar refractivity (Wildman–Crippen MR) is 99.5 cm³/mol. The maximum absolute atomic E-state index is 12.4.